The van der Waals surface area contributed by atoms with Crippen LogP contribution in [-0.4, -0.2) is 29.3 Å². The number of nitrogens with zero attached hydrogens (tertiary/aromatic N) is 5. The Labute approximate surface area is 155 Å². The lowest BCUT2D eigenvalue weighted by Gasteiger charge is -2.09. The van der Waals surface area contributed by atoms with Crippen molar-refractivity contribution in [2.24, 2.45) is 0 Å². The number of rotatable bonds is 3. The zero-order valence-corrected chi connectivity index (χ0v) is 15.2. The van der Waals surface area contributed by atoms with Crippen LogP contribution in [0.2, 0.25) is 0 Å². The molecule has 0 saturated carbocycles. The molecular formula is C17H14F3N5OS. The van der Waals surface area contributed by atoms with Crippen LogP contribution in [0.3, 0.4) is 0 Å². The lowest BCUT2D eigenvalue weighted by atomic mass is 10.3. The number of alkyl halides is 3. The van der Waals surface area contributed by atoms with Crippen molar-refractivity contribution in [3.05, 3.63) is 58.4 Å². The first-order chi connectivity index (χ1) is 12.8. The van der Waals surface area contributed by atoms with Crippen molar-refractivity contribution in [1.82, 2.24) is 23.6 Å². The Hall–Kier alpha value is -2.75. The quantitative estimate of drug-likeness (QED) is 0.500. The van der Waals surface area contributed by atoms with Gasteiger partial charge in [0.1, 0.15) is 16.2 Å². The number of aryl methyl sites for hydroxylation is 1. The fourth-order valence-corrected chi connectivity index (χ4v) is 3.72. The van der Waals surface area contributed by atoms with Gasteiger partial charge in [-0.1, -0.05) is 6.92 Å². The maximum absolute atomic E-state index is 13.1. The van der Waals surface area contributed by atoms with E-state index in [-0.39, 0.29) is 5.56 Å². The highest BCUT2D eigenvalue weighted by Gasteiger charge is 2.31. The molecule has 4 aromatic rings. The molecule has 0 bridgehead atoms. The van der Waals surface area contributed by atoms with Gasteiger partial charge in [0.25, 0.3) is 5.56 Å². The number of imidazole rings is 1. The summed E-state index contributed by atoms with van der Waals surface area (Å²) >= 11 is 1.32. The summed E-state index contributed by atoms with van der Waals surface area (Å²) in [6, 6.07) is 3.94. The molecule has 0 atom stereocenters. The van der Waals surface area contributed by atoms with Gasteiger partial charge in [0.05, 0.1) is 11.3 Å². The molecule has 0 aliphatic rings. The molecule has 10 heteroatoms. The van der Waals surface area contributed by atoms with Crippen molar-refractivity contribution in [2.45, 2.75) is 25.0 Å². The third kappa shape index (κ3) is 2.89. The van der Waals surface area contributed by atoms with Crippen molar-refractivity contribution < 1.29 is 13.2 Å². The molecule has 4 aromatic heterocycles. The first kappa shape index (κ1) is 17.7. The van der Waals surface area contributed by atoms with Gasteiger partial charge in [0, 0.05) is 18.6 Å². The number of hydrogen-bond donors (Lipinski definition) is 0. The highest BCUT2D eigenvalue weighted by Crippen LogP contribution is 2.32. The molecule has 0 aromatic carbocycles. The van der Waals surface area contributed by atoms with Crippen molar-refractivity contribution in [1.29, 1.82) is 0 Å². The van der Waals surface area contributed by atoms with E-state index in [0.29, 0.717) is 33.5 Å². The second kappa shape index (κ2) is 6.15. The Balaban J connectivity index is 2.00. The van der Waals surface area contributed by atoms with Crippen molar-refractivity contribution >= 4 is 22.9 Å². The van der Waals surface area contributed by atoms with Crippen LogP contribution in [0.5, 0.6) is 0 Å². The largest absolute Gasteiger partial charge is 0.417 e. The minimum absolute atomic E-state index is 0.299. The van der Waals surface area contributed by atoms with E-state index in [1.807, 2.05) is 6.92 Å². The van der Waals surface area contributed by atoms with Crippen LogP contribution >= 0.6 is 11.8 Å². The van der Waals surface area contributed by atoms with Crippen molar-refractivity contribution in [2.75, 3.05) is 5.75 Å². The van der Waals surface area contributed by atoms with Crippen LogP contribution in [0.1, 0.15) is 18.2 Å². The average molecular weight is 393 g/mol. The summed E-state index contributed by atoms with van der Waals surface area (Å²) in [4.78, 5) is 17.3. The van der Waals surface area contributed by atoms with E-state index in [1.54, 1.807) is 19.2 Å². The molecule has 27 heavy (non-hydrogen) atoms. The van der Waals surface area contributed by atoms with Crippen molar-refractivity contribution in [3.63, 3.8) is 0 Å². The van der Waals surface area contributed by atoms with Gasteiger partial charge in [-0.3, -0.25) is 13.8 Å². The van der Waals surface area contributed by atoms with Crippen LogP contribution in [0.25, 0.3) is 17.0 Å². The minimum Gasteiger partial charge on any atom is -0.292 e. The molecule has 4 heterocycles. The Bertz CT molecular complexity index is 1220. The first-order valence-corrected chi connectivity index (χ1v) is 9.08. The van der Waals surface area contributed by atoms with Gasteiger partial charge in [0.15, 0.2) is 5.82 Å². The summed E-state index contributed by atoms with van der Waals surface area (Å²) in [5.41, 5.74) is 0.292. The molecular weight excluding hydrogens is 379 g/mol. The first-order valence-electron chi connectivity index (χ1n) is 8.09. The summed E-state index contributed by atoms with van der Waals surface area (Å²) in [5.74, 6) is 0.910. The summed E-state index contributed by atoms with van der Waals surface area (Å²) in [6.07, 6.45) is -0.308. The maximum Gasteiger partial charge on any atom is 0.417 e. The van der Waals surface area contributed by atoms with Crippen LogP contribution < -0.4 is 5.56 Å². The fourth-order valence-electron chi connectivity index (χ4n) is 2.88. The molecule has 0 spiro atoms. The molecule has 0 amide bonds. The number of aromatic nitrogens is 5. The second-order valence-electron chi connectivity index (χ2n) is 5.91. The predicted molar refractivity (Wildman–Crippen MR) is 95.7 cm³/mol. The number of thioether (sulfide) groups is 1. The van der Waals surface area contributed by atoms with Gasteiger partial charge in [0.2, 0.25) is 0 Å². The zero-order chi connectivity index (χ0) is 19.3. The van der Waals surface area contributed by atoms with Gasteiger partial charge in [-0.2, -0.15) is 18.3 Å². The SMILES string of the molecule is CCSc1c(-n2ccn3nc(C)cc3c2=O)nc2ccc(C(F)(F)F)cn12. The van der Waals surface area contributed by atoms with Gasteiger partial charge >= 0.3 is 6.18 Å². The predicted octanol–water partition coefficient (Wildman–Crippen LogP) is 3.57. The Morgan fingerprint density at radius 2 is 2.00 bits per heavy atom. The molecule has 0 saturated heterocycles. The third-order valence-electron chi connectivity index (χ3n) is 4.05. The lowest BCUT2D eigenvalue weighted by Crippen LogP contribution is -2.20. The van der Waals surface area contributed by atoms with Gasteiger partial charge in [-0.15, -0.1) is 11.8 Å². The monoisotopic (exact) mass is 393 g/mol. The molecule has 0 unspecified atom stereocenters. The Kier molecular flexibility index (Phi) is 4.02. The van der Waals surface area contributed by atoms with E-state index >= 15 is 0 Å². The fraction of sp³-hybridized carbons (Fsp3) is 0.235. The molecule has 0 radical (unpaired) electrons. The van der Waals surface area contributed by atoms with E-state index in [2.05, 4.69) is 10.1 Å². The molecule has 6 nitrogen and oxygen atoms in total. The normalized spacial score (nSPS) is 12.3. The minimum atomic E-state index is -4.46. The summed E-state index contributed by atoms with van der Waals surface area (Å²) < 4.78 is 43.5. The number of pyridine rings is 1. The van der Waals surface area contributed by atoms with Gasteiger partial charge in [-0.05, 0) is 30.9 Å². The van der Waals surface area contributed by atoms with Gasteiger partial charge < -0.3 is 0 Å². The molecule has 0 aliphatic carbocycles. The second-order valence-corrected chi connectivity index (χ2v) is 7.16. The Morgan fingerprint density at radius 3 is 2.70 bits per heavy atom. The molecule has 0 aliphatic heterocycles. The van der Waals surface area contributed by atoms with Crippen LogP contribution in [-0.2, 0) is 6.18 Å². The van der Waals surface area contributed by atoms with Crippen LogP contribution in [0.4, 0.5) is 13.2 Å². The smallest absolute Gasteiger partial charge is 0.292 e. The van der Waals surface area contributed by atoms with Crippen LogP contribution in [0.15, 0.2) is 46.6 Å². The molecule has 140 valence electrons. The summed E-state index contributed by atoms with van der Waals surface area (Å²) in [5, 5.41) is 4.67. The summed E-state index contributed by atoms with van der Waals surface area (Å²) in [7, 11) is 0. The number of hydrogen-bond acceptors (Lipinski definition) is 4. The standard InChI is InChI=1S/C17H14F3N5OS/c1-3-27-16-14(21-13-5-4-11(9-24(13)16)17(18,19)20)23-6-7-25-12(15(23)26)8-10(2)22-25/h4-9H,3H2,1-2H3. The van der Waals surface area contributed by atoms with Crippen molar-refractivity contribution in [3.8, 4) is 5.82 Å². The van der Waals surface area contributed by atoms with Gasteiger partial charge in [-0.25, -0.2) is 9.50 Å². The topological polar surface area (TPSA) is 56.6 Å². The highest BCUT2D eigenvalue weighted by molar-refractivity contribution is 7.99. The molecule has 0 N–H and O–H groups in total. The number of fused-ring (bicyclic) bond motifs is 2. The molecule has 4 rings (SSSR count). The molecule has 0 fully saturated rings. The van der Waals surface area contributed by atoms with E-state index in [9.17, 15) is 18.0 Å². The van der Waals surface area contributed by atoms with E-state index in [0.717, 1.165) is 12.3 Å². The summed E-state index contributed by atoms with van der Waals surface area (Å²) in [6.45, 7) is 3.66. The Morgan fingerprint density at radius 1 is 1.22 bits per heavy atom. The van der Waals surface area contributed by atoms with E-state index in [1.165, 1.54) is 37.5 Å². The average Bonchev–Trinajstić information content (AvgIpc) is 3.15. The lowest BCUT2D eigenvalue weighted by molar-refractivity contribution is -0.137. The van der Waals surface area contributed by atoms with E-state index in [4.69, 9.17) is 0 Å². The maximum atomic E-state index is 13.1. The zero-order valence-electron chi connectivity index (χ0n) is 14.4. The highest BCUT2D eigenvalue weighted by atomic mass is 32.2. The van der Waals surface area contributed by atoms with E-state index < -0.39 is 11.7 Å². The number of halogens is 3. The third-order valence-corrected chi connectivity index (χ3v) is 4.99. The van der Waals surface area contributed by atoms with Crippen LogP contribution in [0, 0.1) is 6.92 Å².